The van der Waals surface area contributed by atoms with Gasteiger partial charge in [0.15, 0.2) is 0 Å². The third-order valence-corrected chi connectivity index (χ3v) is 5.20. The normalized spacial score (nSPS) is 10.5. The number of benzene rings is 1. The molecule has 0 saturated heterocycles. The van der Waals surface area contributed by atoms with E-state index in [4.69, 9.17) is 0 Å². The molecule has 3 aromatic heterocycles. The largest absolute Gasteiger partial charge is 0.350 e. The molecule has 0 saturated carbocycles. The smallest absolute Gasteiger partial charge is 0.267 e. The van der Waals surface area contributed by atoms with Crippen molar-refractivity contribution in [2.45, 2.75) is 6.54 Å². The van der Waals surface area contributed by atoms with Gasteiger partial charge in [-0.2, -0.15) is 5.10 Å². The van der Waals surface area contributed by atoms with E-state index in [9.17, 15) is 9.18 Å². The van der Waals surface area contributed by atoms with Gasteiger partial charge in [0.25, 0.3) is 5.56 Å². The van der Waals surface area contributed by atoms with Crippen LogP contribution in [0, 0.1) is 5.82 Å². The predicted molar refractivity (Wildman–Crippen MR) is 102 cm³/mol. The van der Waals surface area contributed by atoms with E-state index in [1.165, 1.54) is 37.0 Å². The van der Waals surface area contributed by atoms with Crippen LogP contribution in [-0.2, 0) is 13.6 Å². The molecule has 0 aliphatic heterocycles. The Morgan fingerprint density at radius 1 is 1.20 bits per heavy atom. The van der Waals surface area contributed by atoms with E-state index in [-0.39, 0.29) is 17.9 Å². The minimum Gasteiger partial charge on any atom is -0.350 e. The lowest BCUT2D eigenvalue weighted by molar-refractivity contribution is 0.572. The van der Waals surface area contributed by atoms with Crippen molar-refractivity contribution in [1.82, 2.24) is 14.3 Å². The average molecular weight is 420 g/mol. The number of aryl methyl sites for hydroxylation is 1. The Balaban J connectivity index is 0.000000157. The topological polar surface area (TPSA) is 39.8 Å². The number of hydrogen-bond donors (Lipinski definition) is 0. The number of rotatable bonds is 2. The van der Waals surface area contributed by atoms with Gasteiger partial charge in [-0.25, -0.2) is 9.07 Å². The van der Waals surface area contributed by atoms with Crippen LogP contribution in [0.1, 0.15) is 5.56 Å². The molecule has 7 heteroatoms. The summed E-state index contributed by atoms with van der Waals surface area (Å²) in [6.07, 6.45) is 3.58. The Hall–Kier alpha value is -2.25. The monoisotopic (exact) mass is 419 g/mol. The molecule has 1 aromatic carbocycles. The predicted octanol–water partition coefficient (Wildman–Crippen LogP) is 4.43. The first-order valence-corrected chi connectivity index (χ1v) is 9.11. The molecule has 0 amide bonds. The van der Waals surface area contributed by atoms with Crippen LogP contribution >= 0.6 is 27.3 Å². The molecule has 0 atom stereocenters. The van der Waals surface area contributed by atoms with E-state index in [1.54, 1.807) is 35.6 Å². The summed E-state index contributed by atoms with van der Waals surface area (Å²) < 4.78 is 19.2. The summed E-state index contributed by atoms with van der Waals surface area (Å²) in [5, 5.41) is 3.85. The van der Waals surface area contributed by atoms with Crippen molar-refractivity contribution in [3.8, 4) is 0 Å². The van der Waals surface area contributed by atoms with Crippen LogP contribution in [0.5, 0.6) is 0 Å². The lowest BCUT2D eigenvalue weighted by Crippen LogP contribution is -2.22. The molecule has 3 heterocycles. The zero-order valence-electron chi connectivity index (χ0n) is 13.4. The second-order valence-electron chi connectivity index (χ2n) is 5.34. The van der Waals surface area contributed by atoms with E-state index in [2.05, 4.69) is 51.0 Å². The lowest BCUT2D eigenvalue weighted by atomic mass is 10.2. The van der Waals surface area contributed by atoms with E-state index in [0.29, 0.717) is 5.56 Å². The highest BCUT2D eigenvalue weighted by molar-refractivity contribution is 9.11. The minimum atomic E-state index is -0.324. The van der Waals surface area contributed by atoms with E-state index >= 15 is 0 Å². The van der Waals surface area contributed by atoms with Crippen LogP contribution in [-0.4, -0.2) is 14.3 Å². The fraction of sp³-hybridized carbons (Fsp3) is 0.111. The van der Waals surface area contributed by atoms with Crippen molar-refractivity contribution in [3.05, 3.63) is 86.4 Å². The molecule has 4 rings (SSSR count). The van der Waals surface area contributed by atoms with Crippen LogP contribution in [0.25, 0.3) is 10.2 Å². The van der Waals surface area contributed by atoms with E-state index in [1.807, 2.05) is 0 Å². The van der Waals surface area contributed by atoms with Crippen molar-refractivity contribution >= 4 is 37.5 Å². The van der Waals surface area contributed by atoms with Crippen LogP contribution < -0.4 is 5.56 Å². The Morgan fingerprint density at radius 2 is 2.00 bits per heavy atom. The Bertz CT molecular complexity index is 1050. The molecule has 25 heavy (non-hydrogen) atoms. The third-order valence-electron chi connectivity index (χ3n) is 3.60. The molecule has 128 valence electrons. The van der Waals surface area contributed by atoms with Gasteiger partial charge in [0, 0.05) is 31.1 Å². The van der Waals surface area contributed by atoms with Gasteiger partial charge in [-0.1, -0.05) is 18.2 Å². The summed E-state index contributed by atoms with van der Waals surface area (Å²) in [6.45, 7) is 0.159. The van der Waals surface area contributed by atoms with Crippen molar-refractivity contribution in [2.75, 3.05) is 0 Å². The SMILES string of the molecule is Cn1ccc2sc(Br)cc21.O=c1cccnn1Cc1ccccc1F. The number of aromatic nitrogens is 3. The minimum absolute atomic E-state index is 0.159. The first kappa shape index (κ1) is 17.6. The molecule has 0 spiro atoms. The maximum atomic E-state index is 13.3. The standard InChI is InChI=1S/C11H9FN2O.C7H6BrNS/c12-10-5-2-1-4-9(10)8-14-11(15)6-3-7-13-14;1-9-3-2-6-5(9)4-7(8)10-6/h1-7H,8H2;2-4H,1H3. The highest BCUT2D eigenvalue weighted by Crippen LogP contribution is 2.29. The Morgan fingerprint density at radius 3 is 2.72 bits per heavy atom. The molecule has 0 bridgehead atoms. The Kier molecular flexibility index (Phi) is 5.45. The van der Waals surface area contributed by atoms with Crippen LogP contribution in [0.4, 0.5) is 4.39 Å². The zero-order valence-corrected chi connectivity index (χ0v) is 15.8. The van der Waals surface area contributed by atoms with Crippen molar-refractivity contribution < 1.29 is 4.39 Å². The molecule has 0 fully saturated rings. The number of halogens is 2. The first-order valence-electron chi connectivity index (χ1n) is 7.50. The summed E-state index contributed by atoms with van der Waals surface area (Å²) in [6, 6.07) is 13.6. The molecule has 0 unspecified atom stereocenters. The van der Waals surface area contributed by atoms with Gasteiger partial charge in [-0.3, -0.25) is 4.79 Å². The lowest BCUT2D eigenvalue weighted by Gasteiger charge is -2.04. The summed E-state index contributed by atoms with van der Waals surface area (Å²) in [5.41, 5.74) is 1.52. The quantitative estimate of drug-likeness (QED) is 0.481. The summed E-state index contributed by atoms with van der Waals surface area (Å²) in [7, 11) is 2.06. The van der Waals surface area contributed by atoms with Crippen molar-refractivity contribution in [3.63, 3.8) is 0 Å². The van der Waals surface area contributed by atoms with E-state index in [0.717, 1.165) is 0 Å². The average Bonchev–Trinajstić information content (AvgIpc) is 3.13. The number of nitrogens with zero attached hydrogens (tertiary/aromatic N) is 3. The highest BCUT2D eigenvalue weighted by atomic mass is 79.9. The van der Waals surface area contributed by atoms with Crippen LogP contribution in [0.2, 0.25) is 0 Å². The molecule has 0 aliphatic carbocycles. The van der Waals surface area contributed by atoms with Gasteiger partial charge in [0.2, 0.25) is 0 Å². The van der Waals surface area contributed by atoms with Crippen LogP contribution in [0.15, 0.2) is 69.5 Å². The number of thiophene rings is 1. The number of fused-ring (bicyclic) bond motifs is 1. The maximum Gasteiger partial charge on any atom is 0.267 e. The van der Waals surface area contributed by atoms with Crippen LogP contribution in [0.3, 0.4) is 0 Å². The van der Waals surface area contributed by atoms with E-state index < -0.39 is 0 Å². The molecule has 4 aromatic rings. The van der Waals surface area contributed by atoms with Gasteiger partial charge >= 0.3 is 0 Å². The zero-order chi connectivity index (χ0) is 17.8. The summed E-state index contributed by atoms with van der Waals surface area (Å²) in [4.78, 5) is 11.3. The fourth-order valence-corrected chi connectivity index (χ4v) is 3.87. The van der Waals surface area contributed by atoms with Gasteiger partial charge < -0.3 is 4.57 Å². The van der Waals surface area contributed by atoms with Gasteiger partial charge in [-0.05, 0) is 40.2 Å². The highest BCUT2D eigenvalue weighted by Gasteiger charge is 2.03. The molecule has 0 aliphatic rings. The third kappa shape index (κ3) is 4.24. The number of hydrogen-bond acceptors (Lipinski definition) is 3. The molecule has 4 nitrogen and oxygen atoms in total. The first-order chi connectivity index (χ1) is 12.0. The van der Waals surface area contributed by atoms with Gasteiger partial charge in [0.1, 0.15) is 5.82 Å². The molecule has 0 N–H and O–H groups in total. The van der Waals surface area contributed by atoms with Gasteiger partial charge in [-0.15, -0.1) is 11.3 Å². The Labute approximate surface area is 156 Å². The molecular weight excluding hydrogens is 405 g/mol. The summed E-state index contributed by atoms with van der Waals surface area (Å²) in [5.74, 6) is -0.324. The second-order valence-corrected chi connectivity index (χ2v) is 7.80. The summed E-state index contributed by atoms with van der Waals surface area (Å²) >= 11 is 5.21. The molecular formula is C18H15BrFN3OS. The van der Waals surface area contributed by atoms with Crippen molar-refractivity contribution in [2.24, 2.45) is 7.05 Å². The fourth-order valence-electron chi connectivity index (χ4n) is 2.31. The second kappa shape index (κ2) is 7.76. The maximum absolute atomic E-state index is 13.3. The molecule has 0 radical (unpaired) electrons. The van der Waals surface area contributed by atoms with Crippen molar-refractivity contribution in [1.29, 1.82) is 0 Å². The van der Waals surface area contributed by atoms with Gasteiger partial charge in [0.05, 0.1) is 20.5 Å².